The summed E-state index contributed by atoms with van der Waals surface area (Å²) in [5.41, 5.74) is 4.96. The van der Waals surface area contributed by atoms with E-state index in [0.29, 0.717) is 19.8 Å². The second-order valence-corrected chi connectivity index (χ2v) is 11.9. The number of aliphatic hydroxyl groups is 1. The molecular formula is C41H42O6. The van der Waals surface area contributed by atoms with Gasteiger partial charge in [-0.25, -0.2) is 0 Å². The molecule has 6 heteroatoms. The molecule has 0 amide bonds. The molecule has 47 heavy (non-hydrogen) atoms. The van der Waals surface area contributed by atoms with Crippen LogP contribution in [0.3, 0.4) is 0 Å². The molecule has 242 valence electrons. The van der Waals surface area contributed by atoms with Gasteiger partial charge in [-0.2, -0.15) is 0 Å². The molecule has 6 rings (SSSR count). The molecule has 0 radical (unpaired) electrons. The van der Waals surface area contributed by atoms with Crippen LogP contribution >= 0.6 is 0 Å². The van der Waals surface area contributed by atoms with Crippen molar-refractivity contribution in [3.8, 4) is 0 Å². The predicted molar refractivity (Wildman–Crippen MR) is 181 cm³/mol. The Hall–Kier alpha value is -4.14. The Morgan fingerprint density at radius 1 is 0.468 bits per heavy atom. The Balaban J connectivity index is 1.34. The van der Waals surface area contributed by atoms with Crippen LogP contribution < -0.4 is 0 Å². The van der Waals surface area contributed by atoms with E-state index in [1.807, 2.05) is 152 Å². The number of hydrogen-bond acceptors (Lipinski definition) is 6. The van der Waals surface area contributed by atoms with Gasteiger partial charge in [-0.05, 0) is 27.8 Å². The Labute approximate surface area is 277 Å². The first-order valence-electron chi connectivity index (χ1n) is 16.2. The standard InChI is InChI=1S/C41H42O6/c42-41(26-32-16-6-1-7-17-32)40(46-30-36-24-14-5-15-25-36)39(45-29-35-22-12-4-13-23-35)38(44-28-34-20-10-3-11-21-34)37(47-41)31-43-27-33-18-8-2-9-19-33/h1-25,37-40,42H,26-31H2/t37-,38-,39+,40-,41+/m1/s1. The maximum Gasteiger partial charge on any atom is 0.199 e. The molecule has 1 heterocycles. The van der Waals surface area contributed by atoms with Gasteiger partial charge >= 0.3 is 0 Å². The molecule has 1 N–H and O–H groups in total. The predicted octanol–water partition coefficient (Wildman–Crippen LogP) is 7.29. The maximum atomic E-state index is 12.6. The minimum atomic E-state index is -1.75. The fraction of sp³-hybridized carbons (Fsp3) is 0.268. The third-order valence-corrected chi connectivity index (χ3v) is 8.33. The van der Waals surface area contributed by atoms with Gasteiger partial charge in [0.15, 0.2) is 5.79 Å². The van der Waals surface area contributed by atoms with Gasteiger partial charge in [-0.3, -0.25) is 0 Å². The molecule has 1 saturated heterocycles. The first-order valence-corrected chi connectivity index (χ1v) is 16.2. The fourth-order valence-electron chi connectivity index (χ4n) is 5.97. The topological polar surface area (TPSA) is 66.4 Å². The van der Waals surface area contributed by atoms with Crippen LogP contribution in [-0.4, -0.2) is 41.9 Å². The lowest BCUT2D eigenvalue weighted by Crippen LogP contribution is -2.68. The third kappa shape index (κ3) is 9.24. The summed E-state index contributed by atoms with van der Waals surface area (Å²) in [6, 6.07) is 49.8. The quantitative estimate of drug-likeness (QED) is 0.131. The highest BCUT2D eigenvalue weighted by Crippen LogP contribution is 2.38. The van der Waals surface area contributed by atoms with Crippen LogP contribution in [0, 0.1) is 0 Å². The summed E-state index contributed by atoms with van der Waals surface area (Å²) in [6.07, 6.45) is -2.67. The van der Waals surface area contributed by atoms with Crippen LogP contribution in [-0.2, 0) is 56.5 Å². The zero-order chi connectivity index (χ0) is 32.2. The number of rotatable bonds is 15. The molecule has 5 aromatic rings. The van der Waals surface area contributed by atoms with Gasteiger partial charge in [0.25, 0.3) is 0 Å². The Kier molecular flexibility index (Phi) is 11.6. The van der Waals surface area contributed by atoms with Crippen molar-refractivity contribution in [3.63, 3.8) is 0 Å². The Morgan fingerprint density at radius 2 is 0.851 bits per heavy atom. The molecule has 6 nitrogen and oxygen atoms in total. The lowest BCUT2D eigenvalue weighted by atomic mass is 9.88. The van der Waals surface area contributed by atoms with Gasteiger partial charge < -0.3 is 28.8 Å². The van der Waals surface area contributed by atoms with E-state index in [2.05, 4.69) is 0 Å². The Morgan fingerprint density at radius 3 is 1.32 bits per heavy atom. The average molecular weight is 631 g/mol. The molecule has 1 fully saturated rings. The summed E-state index contributed by atoms with van der Waals surface area (Å²) >= 11 is 0. The fourth-order valence-corrected chi connectivity index (χ4v) is 5.97. The Bertz CT molecular complexity index is 1590. The molecule has 0 aromatic heterocycles. The maximum absolute atomic E-state index is 12.6. The smallest absolute Gasteiger partial charge is 0.199 e. The van der Waals surface area contributed by atoms with E-state index >= 15 is 0 Å². The van der Waals surface area contributed by atoms with E-state index in [-0.39, 0.29) is 19.6 Å². The molecule has 0 unspecified atom stereocenters. The second-order valence-electron chi connectivity index (χ2n) is 11.9. The van der Waals surface area contributed by atoms with Crippen LogP contribution in [0.5, 0.6) is 0 Å². The number of ether oxygens (including phenoxy) is 5. The van der Waals surface area contributed by atoms with Gasteiger partial charge in [0.2, 0.25) is 0 Å². The summed E-state index contributed by atoms with van der Waals surface area (Å²) in [6.45, 7) is 1.48. The monoisotopic (exact) mass is 630 g/mol. The van der Waals surface area contributed by atoms with Crippen molar-refractivity contribution in [2.45, 2.75) is 63.1 Å². The van der Waals surface area contributed by atoms with E-state index < -0.39 is 30.2 Å². The van der Waals surface area contributed by atoms with Gasteiger partial charge in [0.1, 0.15) is 24.4 Å². The zero-order valence-corrected chi connectivity index (χ0v) is 26.5. The minimum absolute atomic E-state index is 0.183. The summed E-state index contributed by atoms with van der Waals surface area (Å²) in [5, 5.41) is 12.6. The van der Waals surface area contributed by atoms with Crippen molar-refractivity contribution in [1.82, 2.24) is 0 Å². The van der Waals surface area contributed by atoms with E-state index in [1.165, 1.54) is 0 Å². The van der Waals surface area contributed by atoms with Crippen LogP contribution in [0.2, 0.25) is 0 Å². The van der Waals surface area contributed by atoms with Crippen LogP contribution in [0.4, 0.5) is 0 Å². The first kappa shape index (κ1) is 32.8. The van der Waals surface area contributed by atoms with Crippen molar-refractivity contribution in [3.05, 3.63) is 179 Å². The molecule has 0 aliphatic carbocycles. The van der Waals surface area contributed by atoms with Gasteiger partial charge in [0.05, 0.1) is 33.0 Å². The first-order chi connectivity index (χ1) is 23.2. The van der Waals surface area contributed by atoms with Crippen LogP contribution in [0.1, 0.15) is 27.8 Å². The summed E-state index contributed by atoms with van der Waals surface area (Å²) in [4.78, 5) is 0. The SMILES string of the molecule is O[C@@]1(Cc2ccccc2)O[C@H](COCc2ccccc2)[C@@H](OCc2ccccc2)[C@H](OCc2ccccc2)[C@H]1OCc1ccccc1. The second kappa shape index (κ2) is 16.6. The average Bonchev–Trinajstić information content (AvgIpc) is 3.12. The lowest BCUT2D eigenvalue weighted by Gasteiger charge is -2.50. The van der Waals surface area contributed by atoms with E-state index in [0.717, 1.165) is 27.8 Å². The van der Waals surface area contributed by atoms with Crippen molar-refractivity contribution < 1.29 is 28.8 Å². The zero-order valence-electron chi connectivity index (χ0n) is 26.5. The minimum Gasteiger partial charge on any atom is -0.374 e. The largest absolute Gasteiger partial charge is 0.374 e. The van der Waals surface area contributed by atoms with Crippen molar-refractivity contribution in [2.24, 2.45) is 0 Å². The number of benzene rings is 5. The molecule has 1 aliphatic rings. The summed E-state index contributed by atoms with van der Waals surface area (Å²) < 4.78 is 33.0. The molecule has 5 aromatic carbocycles. The summed E-state index contributed by atoms with van der Waals surface area (Å²) in [5.74, 6) is -1.75. The highest BCUT2D eigenvalue weighted by atomic mass is 16.7. The van der Waals surface area contributed by atoms with Gasteiger partial charge in [-0.15, -0.1) is 0 Å². The molecule has 0 bridgehead atoms. The lowest BCUT2D eigenvalue weighted by molar-refractivity contribution is -0.370. The van der Waals surface area contributed by atoms with Gasteiger partial charge in [0, 0.05) is 6.42 Å². The summed E-state index contributed by atoms with van der Waals surface area (Å²) in [7, 11) is 0. The van der Waals surface area contributed by atoms with Crippen LogP contribution in [0.15, 0.2) is 152 Å². The van der Waals surface area contributed by atoms with Gasteiger partial charge in [-0.1, -0.05) is 152 Å². The molecule has 0 saturated carbocycles. The molecule has 5 atom stereocenters. The highest BCUT2D eigenvalue weighted by Gasteiger charge is 2.56. The van der Waals surface area contributed by atoms with E-state index in [1.54, 1.807) is 0 Å². The van der Waals surface area contributed by atoms with E-state index in [9.17, 15) is 5.11 Å². The number of hydrogen-bond donors (Lipinski definition) is 1. The van der Waals surface area contributed by atoms with Crippen molar-refractivity contribution >= 4 is 0 Å². The van der Waals surface area contributed by atoms with Crippen molar-refractivity contribution in [2.75, 3.05) is 6.61 Å². The highest BCUT2D eigenvalue weighted by molar-refractivity contribution is 5.20. The normalized spacial score (nSPS) is 22.6. The molecular weight excluding hydrogens is 588 g/mol. The molecule has 0 spiro atoms. The molecule has 1 aliphatic heterocycles. The third-order valence-electron chi connectivity index (χ3n) is 8.33. The van der Waals surface area contributed by atoms with E-state index in [4.69, 9.17) is 23.7 Å². The van der Waals surface area contributed by atoms with Crippen molar-refractivity contribution in [1.29, 1.82) is 0 Å². The van der Waals surface area contributed by atoms with Crippen LogP contribution in [0.25, 0.3) is 0 Å².